The normalized spacial score (nSPS) is 22.5. The predicted molar refractivity (Wildman–Crippen MR) is 101 cm³/mol. The lowest BCUT2D eigenvalue weighted by Gasteiger charge is -2.14. The highest BCUT2D eigenvalue weighted by atomic mass is 32.2. The van der Waals surface area contributed by atoms with Crippen LogP contribution >= 0.6 is 11.8 Å². The van der Waals surface area contributed by atoms with E-state index in [2.05, 4.69) is 5.32 Å². The van der Waals surface area contributed by atoms with Crippen LogP contribution in [0, 0.1) is 0 Å². The fraction of sp³-hybridized carbons (Fsp3) is 0.235. The zero-order chi connectivity index (χ0) is 19.6. The Bertz CT molecular complexity index is 967. The van der Waals surface area contributed by atoms with Crippen LogP contribution < -0.4 is 10.1 Å². The molecule has 0 aliphatic carbocycles. The maximum atomic E-state index is 12.4. The van der Waals surface area contributed by atoms with Gasteiger partial charge in [-0.3, -0.25) is 19.3 Å². The lowest BCUT2D eigenvalue weighted by molar-refractivity contribution is -0.129. The van der Waals surface area contributed by atoms with Gasteiger partial charge in [0.1, 0.15) is 12.3 Å². The van der Waals surface area contributed by atoms with Crippen molar-refractivity contribution in [3.63, 3.8) is 0 Å². The summed E-state index contributed by atoms with van der Waals surface area (Å²) in [5, 5.41) is 2.97. The number of sulfone groups is 1. The number of amides is 3. The summed E-state index contributed by atoms with van der Waals surface area (Å²) >= 11 is 0.742. The molecule has 27 heavy (non-hydrogen) atoms. The summed E-state index contributed by atoms with van der Waals surface area (Å²) in [6.45, 7) is -0.468. The van der Waals surface area contributed by atoms with Crippen molar-refractivity contribution in [2.45, 2.75) is 6.04 Å². The van der Waals surface area contributed by atoms with Gasteiger partial charge in [-0.2, -0.15) is 0 Å². The molecule has 2 heterocycles. The van der Waals surface area contributed by atoms with E-state index in [4.69, 9.17) is 4.74 Å². The fourth-order valence-electron chi connectivity index (χ4n) is 2.58. The molecule has 3 amide bonds. The molecule has 0 radical (unpaired) electrons. The Morgan fingerprint density at radius 2 is 2.19 bits per heavy atom. The zero-order valence-corrected chi connectivity index (χ0v) is 15.9. The molecule has 1 atom stereocenters. The van der Waals surface area contributed by atoms with Crippen molar-refractivity contribution >= 4 is 44.7 Å². The molecule has 1 aromatic rings. The van der Waals surface area contributed by atoms with Crippen molar-refractivity contribution in [2.24, 2.45) is 0 Å². The Morgan fingerprint density at radius 3 is 2.85 bits per heavy atom. The Labute approximate surface area is 160 Å². The Balaban J connectivity index is 1.66. The molecule has 0 aromatic heterocycles. The van der Waals surface area contributed by atoms with Crippen LogP contribution in [-0.4, -0.2) is 55.8 Å². The van der Waals surface area contributed by atoms with Crippen LogP contribution in [0.3, 0.4) is 0 Å². The van der Waals surface area contributed by atoms with E-state index in [0.29, 0.717) is 11.3 Å². The molecule has 2 aliphatic rings. The second-order valence-corrected chi connectivity index (χ2v) is 8.80. The van der Waals surface area contributed by atoms with Crippen molar-refractivity contribution in [3.8, 4) is 5.75 Å². The Hall–Kier alpha value is -2.59. The average molecular weight is 408 g/mol. The van der Waals surface area contributed by atoms with Crippen LogP contribution in [0.2, 0.25) is 0 Å². The van der Waals surface area contributed by atoms with E-state index < -0.39 is 39.5 Å². The minimum atomic E-state index is -3.31. The second-order valence-electron chi connectivity index (χ2n) is 5.88. The highest BCUT2D eigenvalue weighted by Gasteiger charge is 2.36. The predicted octanol–water partition coefficient (Wildman–Crippen LogP) is 1.16. The standard InChI is InChI=1S/C17H16N2O6S2/c1-25-13-4-2-3-11(7-13)8-14-16(21)19(17(22)26-14)9-15(20)18-12-5-6-27(23,24)10-12/h2-8,12H,9-10H2,1H3,(H,18,20)/b14-8-/t12-/m1/s1. The van der Waals surface area contributed by atoms with Gasteiger partial charge in [0.05, 0.1) is 23.8 Å². The first-order valence-electron chi connectivity index (χ1n) is 7.87. The van der Waals surface area contributed by atoms with E-state index in [0.717, 1.165) is 22.1 Å². The van der Waals surface area contributed by atoms with Gasteiger partial charge < -0.3 is 10.1 Å². The molecule has 8 nitrogen and oxygen atoms in total. The minimum absolute atomic E-state index is 0.199. The number of thioether (sulfide) groups is 1. The molecule has 3 rings (SSSR count). The van der Waals surface area contributed by atoms with Gasteiger partial charge in [0.25, 0.3) is 11.1 Å². The van der Waals surface area contributed by atoms with Crippen LogP contribution in [0.5, 0.6) is 5.75 Å². The quantitative estimate of drug-likeness (QED) is 0.728. The number of ether oxygens (including phenoxy) is 1. The van der Waals surface area contributed by atoms with E-state index in [1.807, 2.05) is 0 Å². The Kier molecular flexibility index (Phi) is 5.38. The molecule has 1 N–H and O–H groups in total. The number of imide groups is 1. The molecule has 142 valence electrons. The molecule has 0 spiro atoms. The SMILES string of the molecule is COc1cccc(/C=C2\SC(=O)N(CC(=O)N[C@@H]3C=CS(=O)(=O)C3)C2=O)c1. The summed E-state index contributed by atoms with van der Waals surface area (Å²) in [4.78, 5) is 37.6. The second kappa shape index (κ2) is 7.57. The summed E-state index contributed by atoms with van der Waals surface area (Å²) in [5.74, 6) is -0.790. The summed E-state index contributed by atoms with van der Waals surface area (Å²) in [6.07, 6.45) is 2.92. The number of methoxy groups -OCH3 is 1. The smallest absolute Gasteiger partial charge is 0.294 e. The van der Waals surface area contributed by atoms with Crippen LogP contribution in [0.25, 0.3) is 6.08 Å². The number of hydrogen-bond donors (Lipinski definition) is 1. The summed E-state index contributed by atoms with van der Waals surface area (Å²) in [6, 6.07) is 6.33. The number of benzene rings is 1. The third kappa shape index (κ3) is 4.58. The maximum absolute atomic E-state index is 12.4. The molecule has 1 aromatic carbocycles. The van der Waals surface area contributed by atoms with Crippen molar-refractivity contribution in [1.29, 1.82) is 0 Å². The molecular formula is C17H16N2O6S2. The van der Waals surface area contributed by atoms with Crippen molar-refractivity contribution < 1.29 is 27.5 Å². The number of carbonyl (C=O) groups is 3. The van der Waals surface area contributed by atoms with E-state index in [9.17, 15) is 22.8 Å². The van der Waals surface area contributed by atoms with Gasteiger partial charge in [-0.15, -0.1) is 0 Å². The van der Waals surface area contributed by atoms with Gasteiger partial charge in [0.15, 0.2) is 9.84 Å². The summed E-state index contributed by atoms with van der Waals surface area (Å²) in [7, 11) is -1.78. The Morgan fingerprint density at radius 1 is 1.41 bits per heavy atom. The van der Waals surface area contributed by atoms with Gasteiger partial charge in [-0.1, -0.05) is 12.1 Å². The van der Waals surface area contributed by atoms with E-state index >= 15 is 0 Å². The molecule has 0 unspecified atom stereocenters. The van der Waals surface area contributed by atoms with Crippen molar-refractivity contribution in [1.82, 2.24) is 10.2 Å². The third-order valence-corrected chi connectivity index (χ3v) is 6.15. The van der Waals surface area contributed by atoms with Crippen LogP contribution in [0.1, 0.15) is 5.56 Å². The van der Waals surface area contributed by atoms with Gasteiger partial charge in [0, 0.05) is 5.41 Å². The summed E-state index contributed by atoms with van der Waals surface area (Å²) in [5.41, 5.74) is 0.686. The lowest BCUT2D eigenvalue weighted by Crippen LogP contribution is -2.43. The molecule has 0 saturated carbocycles. The highest BCUT2D eigenvalue weighted by Crippen LogP contribution is 2.32. The van der Waals surface area contributed by atoms with Gasteiger partial charge in [0.2, 0.25) is 5.91 Å². The molecule has 10 heteroatoms. The van der Waals surface area contributed by atoms with Crippen LogP contribution in [-0.2, 0) is 19.4 Å². The monoisotopic (exact) mass is 408 g/mol. The molecule has 1 saturated heterocycles. The van der Waals surface area contributed by atoms with Gasteiger partial charge in [-0.05, 0) is 41.6 Å². The first-order valence-corrected chi connectivity index (χ1v) is 10.4. The van der Waals surface area contributed by atoms with Crippen molar-refractivity contribution in [2.75, 3.05) is 19.4 Å². The number of hydrogen-bond acceptors (Lipinski definition) is 7. The van der Waals surface area contributed by atoms with Gasteiger partial charge >= 0.3 is 0 Å². The molecule has 2 aliphatic heterocycles. The largest absolute Gasteiger partial charge is 0.497 e. The molecule has 1 fully saturated rings. The van der Waals surface area contributed by atoms with E-state index in [1.54, 1.807) is 30.3 Å². The number of rotatable bonds is 5. The van der Waals surface area contributed by atoms with E-state index in [-0.39, 0.29) is 10.7 Å². The third-order valence-electron chi connectivity index (χ3n) is 3.84. The van der Waals surface area contributed by atoms with E-state index in [1.165, 1.54) is 13.2 Å². The van der Waals surface area contributed by atoms with Crippen LogP contribution in [0.4, 0.5) is 4.79 Å². The number of nitrogens with one attached hydrogen (secondary N) is 1. The lowest BCUT2D eigenvalue weighted by atomic mass is 10.2. The minimum Gasteiger partial charge on any atom is -0.497 e. The average Bonchev–Trinajstić information content (AvgIpc) is 3.08. The highest BCUT2D eigenvalue weighted by molar-refractivity contribution is 8.18. The maximum Gasteiger partial charge on any atom is 0.294 e. The zero-order valence-electron chi connectivity index (χ0n) is 14.2. The topological polar surface area (TPSA) is 110 Å². The fourth-order valence-corrected chi connectivity index (χ4v) is 4.65. The first-order chi connectivity index (χ1) is 12.8. The molecular weight excluding hydrogens is 392 g/mol. The number of carbonyl (C=O) groups excluding carboxylic acids is 3. The van der Waals surface area contributed by atoms with Crippen molar-refractivity contribution in [3.05, 3.63) is 46.2 Å². The molecule has 0 bridgehead atoms. The summed E-state index contributed by atoms with van der Waals surface area (Å²) < 4.78 is 27.8. The number of nitrogens with zero attached hydrogens (tertiary/aromatic N) is 1. The van der Waals surface area contributed by atoms with Gasteiger partial charge in [-0.25, -0.2) is 8.42 Å². The first kappa shape index (κ1) is 19.2. The van der Waals surface area contributed by atoms with Crippen LogP contribution in [0.15, 0.2) is 40.7 Å².